The van der Waals surface area contributed by atoms with Crippen LogP contribution < -0.4 is 10.2 Å². The smallest absolute Gasteiger partial charge is 0.308 e. The number of hydrogen-bond acceptors (Lipinski definition) is 2. The second kappa shape index (κ2) is 7.83. The highest BCUT2D eigenvalue weighted by molar-refractivity contribution is 6.03. The number of hydrogen-bond donors (Lipinski definition) is 1. The first-order chi connectivity index (χ1) is 13.9. The Hall–Kier alpha value is -2.33. The van der Waals surface area contributed by atoms with Crippen LogP contribution in [-0.4, -0.2) is 37.1 Å². The largest absolute Gasteiger partial charge is 0.326 e. The van der Waals surface area contributed by atoms with Crippen LogP contribution in [0.5, 0.6) is 0 Å². The summed E-state index contributed by atoms with van der Waals surface area (Å²) in [5.74, 6) is 0.488. The summed E-state index contributed by atoms with van der Waals surface area (Å²) in [7, 11) is 0. The highest BCUT2D eigenvalue weighted by Gasteiger charge is 2.46. The number of carbonyl (C=O) groups excluding carboxylic acids is 1. The van der Waals surface area contributed by atoms with Gasteiger partial charge < -0.3 is 10.2 Å². The highest BCUT2D eigenvalue weighted by atomic mass is 16.2. The summed E-state index contributed by atoms with van der Waals surface area (Å²) in [6.07, 6.45) is 2.23. The number of piperidine rings is 1. The van der Waals surface area contributed by atoms with Crippen LogP contribution in [0.2, 0.25) is 0 Å². The van der Waals surface area contributed by atoms with Crippen molar-refractivity contribution in [3.63, 3.8) is 0 Å². The third kappa shape index (κ3) is 3.78. The maximum atomic E-state index is 13.2. The van der Waals surface area contributed by atoms with Crippen LogP contribution in [0.25, 0.3) is 0 Å². The van der Waals surface area contributed by atoms with E-state index in [1.165, 1.54) is 16.7 Å². The molecule has 2 aliphatic rings. The minimum atomic E-state index is -0.0257. The van der Waals surface area contributed by atoms with E-state index in [4.69, 9.17) is 0 Å². The zero-order chi connectivity index (χ0) is 20.6. The third-order valence-electron chi connectivity index (χ3n) is 6.81. The molecule has 1 spiro atoms. The molecular formula is C25H33N3O. The Morgan fingerprint density at radius 1 is 1.10 bits per heavy atom. The van der Waals surface area contributed by atoms with E-state index in [1.54, 1.807) is 0 Å². The zero-order valence-corrected chi connectivity index (χ0v) is 18.2. The monoisotopic (exact) mass is 391 g/mol. The molecule has 1 saturated heterocycles. The van der Waals surface area contributed by atoms with E-state index in [2.05, 4.69) is 68.2 Å². The Labute approximate surface area is 174 Å². The van der Waals surface area contributed by atoms with Gasteiger partial charge in [-0.3, -0.25) is 4.90 Å². The van der Waals surface area contributed by atoms with Gasteiger partial charge in [0, 0.05) is 23.3 Å². The van der Waals surface area contributed by atoms with Crippen LogP contribution in [0.15, 0.2) is 42.5 Å². The molecule has 0 radical (unpaired) electrons. The highest BCUT2D eigenvalue weighted by Crippen LogP contribution is 2.47. The number of fused-ring (bicyclic) bond motifs is 2. The second-order valence-electron chi connectivity index (χ2n) is 9.03. The second-order valence-corrected chi connectivity index (χ2v) is 9.03. The third-order valence-corrected chi connectivity index (χ3v) is 6.81. The van der Waals surface area contributed by atoms with Crippen LogP contribution in [-0.2, 0) is 5.41 Å². The van der Waals surface area contributed by atoms with Gasteiger partial charge in [-0.05, 0) is 74.6 Å². The Balaban J connectivity index is 1.57. The Bertz CT molecular complexity index is 879. The number of likely N-dealkylation sites (tertiary alicyclic amines) is 1. The average molecular weight is 392 g/mol. The maximum absolute atomic E-state index is 13.2. The van der Waals surface area contributed by atoms with Crippen molar-refractivity contribution in [1.29, 1.82) is 0 Å². The van der Waals surface area contributed by atoms with Crippen molar-refractivity contribution >= 4 is 17.4 Å². The molecule has 4 nitrogen and oxygen atoms in total. The molecule has 2 aromatic carbocycles. The lowest BCUT2D eigenvalue weighted by atomic mass is 9.74. The number of rotatable bonds is 3. The van der Waals surface area contributed by atoms with Gasteiger partial charge in [0.25, 0.3) is 0 Å². The Morgan fingerprint density at radius 2 is 1.79 bits per heavy atom. The van der Waals surface area contributed by atoms with Gasteiger partial charge in [-0.2, -0.15) is 0 Å². The first-order valence-corrected chi connectivity index (χ1v) is 10.9. The molecule has 2 aromatic rings. The van der Waals surface area contributed by atoms with Gasteiger partial charge in [-0.1, -0.05) is 50.6 Å². The summed E-state index contributed by atoms with van der Waals surface area (Å²) in [6.45, 7) is 12.8. The van der Waals surface area contributed by atoms with Gasteiger partial charge >= 0.3 is 6.03 Å². The summed E-state index contributed by atoms with van der Waals surface area (Å²) < 4.78 is 0. The Kier molecular flexibility index (Phi) is 5.39. The summed E-state index contributed by atoms with van der Waals surface area (Å²) in [5, 5.41) is 3.12. The zero-order valence-electron chi connectivity index (χ0n) is 18.2. The van der Waals surface area contributed by atoms with Crippen LogP contribution in [0, 0.1) is 6.92 Å². The van der Waals surface area contributed by atoms with Gasteiger partial charge in [0.05, 0.1) is 0 Å². The van der Waals surface area contributed by atoms with E-state index >= 15 is 0 Å². The standard InChI is InChI=1S/C25H33N3O/c1-5-27-14-12-25(13-15-27)17-28(23-11-6-19(4)16-22(23)25)24(29)26-21-9-7-20(8-10-21)18(2)3/h6-11,16,18H,5,12-15,17H2,1-4H3,(H,26,29). The lowest BCUT2D eigenvalue weighted by Gasteiger charge is -2.39. The van der Waals surface area contributed by atoms with Gasteiger partial charge in [-0.15, -0.1) is 0 Å². The molecule has 2 heterocycles. The molecular weight excluding hydrogens is 358 g/mol. The number of nitrogens with zero attached hydrogens (tertiary/aromatic N) is 2. The number of urea groups is 1. The number of benzene rings is 2. The van der Waals surface area contributed by atoms with Gasteiger partial charge in [0.1, 0.15) is 0 Å². The molecule has 1 N–H and O–H groups in total. The first kappa shape index (κ1) is 20.0. The number of anilines is 2. The molecule has 1 fully saturated rings. The van der Waals surface area contributed by atoms with Gasteiger partial charge in [0.2, 0.25) is 0 Å². The van der Waals surface area contributed by atoms with Crippen LogP contribution in [0.3, 0.4) is 0 Å². The molecule has 4 heteroatoms. The lowest BCUT2D eigenvalue weighted by Crippen LogP contribution is -2.46. The van der Waals surface area contributed by atoms with Crippen molar-refractivity contribution in [2.45, 2.75) is 51.9 Å². The summed E-state index contributed by atoms with van der Waals surface area (Å²) in [6, 6.07) is 14.8. The van der Waals surface area contributed by atoms with Gasteiger partial charge in [0.15, 0.2) is 0 Å². The normalized spacial score (nSPS) is 18.3. The van der Waals surface area contributed by atoms with Crippen molar-refractivity contribution in [2.75, 3.05) is 36.4 Å². The molecule has 29 heavy (non-hydrogen) atoms. The summed E-state index contributed by atoms with van der Waals surface area (Å²) >= 11 is 0. The first-order valence-electron chi connectivity index (χ1n) is 10.9. The van der Waals surface area contributed by atoms with Crippen molar-refractivity contribution < 1.29 is 4.79 Å². The minimum absolute atomic E-state index is 0.0257. The van der Waals surface area contributed by atoms with E-state index in [0.29, 0.717) is 5.92 Å². The quantitative estimate of drug-likeness (QED) is 0.747. The van der Waals surface area contributed by atoms with E-state index in [0.717, 1.165) is 50.4 Å². The SMILES string of the molecule is CCN1CCC2(CC1)CN(C(=O)Nc1ccc(C(C)C)cc1)c1ccc(C)cc12. The van der Waals surface area contributed by atoms with E-state index in [9.17, 15) is 4.79 Å². The number of nitrogens with one attached hydrogen (secondary N) is 1. The van der Waals surface area contributed by atoms with Crippen LogP contribution in [0.1, 0.15) is 56.2 Å². The fourth-order valence-electron chi connectivity index (χ4n) is 4.83. The van der Waals surface area contributed by atoms with Crippen LogP contribution >= 0.6 is 0 Å². The molecule has 2 aliphatic heterocycles. The van der Waals surface area contributed by atoms with Crippen molar-refractivity contribution in [2.24, 2.45) is 0 Å². The fourth-order valence-corrected chi connectivity index (χ4v) is 4.83. The number of amides is 2. The molecule has 0 aliphatic carbocycles. The number of aryl methyl sites for hydroxylation is 1. The molecule has 0 bridgehead atoms. The molecule has 0 atom stereocenters. The molecule has 2 amide bonds. The Morgan fingerprint density at radius 3 is 2.41 bits per heavy atom. The van der Waals surface area contributed by atoms with E-state index < -0.39 is 0 Å². The fraction of sp³-hybridized carbons (Fsp3) is 0.480. The topological polar surface area (TPSA) is 35.6 Å². The molecule has 154 valence electrons. The van der Waals surface area contributed by atoms with Crippen molar-refractivity contribution in [3.8, 4) is 0 Å². The summed E-state index contributed by atoms with van der Waals surface area (Å²) in [5.41, 5.74) is 5.94. The van der Waals surface area contributed by atoms with E-state index in [-0.39, 0.29) is 11.4 Å². The predicted octanol–water partition coefficient (Wildman–Crippen LogP) is 5.52. The van der Waals surface area contributed by atoms with Crippen molar-refractivity contribution in [1.82, 2.24) is 4.90 Å². The lowest BCUT2D eigenvalue weighted by molar-refractivity contribution is 0.173. The maximum Gasteiger partial charge on any atom is 0.326 e. The van der Waals surface area contributed by atoms with Crippen LogP contribution in [0.4, 0.5) is 16.2 Å². The van der Waals surface area contributed by atoms with Crippen molar-refractivity contribution in [3.05, 3.63) is 59.2 Å². The van der Waals surface area contributed by atoms with E-state index in [1.807, 2.05) is 17.0 Å². The summed E-state index contributed by atoms with van der Waals surface area (Å²) in [4.78, 5) is 17.7. The molecule has 4 rings (SSSR count). The molecule has 0 saturated carbocycles. The molecule has 0 unspecified atom stereocenters. The average Bonchev–Trinajstić information content (AvgIpc) is 3.02. The molecule has 0 aromatic heterocycles. The number of carbonyl (C=O) groups is 1. The predicted molar refractivity (Wildman–Crippen MR) is 121 cm³/mol. The minimum Gasteiger partial charge on any atom is -0.308 e. The van der Waals surface area contributed by atoms with Gasteiger partial charge in [-0.25, -0.2) is 4.79 Å².